The van der Waals surface area contributed by atoms with Gasteiger partial charge >= 0.3 is 0 Å². The molecule has 1 aromatic rings. The second-order valence-electron chi connectivity index (χ2n) is 3.91. The first kappa shape index (κ1) is 13.4. The van der Waals surface area contributed by atoms with Crippen LogP contribution >= 0.6 is 0 Å². The zero-order chi connectivity index (χ0) is 12.7. The van der Waals surface area contributed by atoms with E-state index >= 15 is 0 Å². The summed E-state index contributed by atoms with van der Waals surface area (Å²) in [7, 11) is 1.66. The van der Waals surface area contributed by atoms with Gasteiger partial charge < -0.3 is 9.47 Å². The molecular weight excluding hydrogens is 212 g/mol. The van der Waals surface area contributed by atoms with Gasteiger partial charge in [0.2, 0.25) is 0 Å². The summed E-state index contributed by atoms with van der Waals surface area (Å²) >= 11 is 0. The Morgan fingerprint density at radius 1 is 1.35 bits per heavy atom. The van der Waals surface area contributed by atoms with E-state index < -0.39 is 0 Å². The Kier molecular flexibility index (Phi) is 5.34. The third-order valence-corrected chi connectivity index (χ3v) is 2.50. The minimum atomic E-state index is 0.211. The summed E-state index contributed by atoms with van der Waals surface area (Å²) in [6.45, 7) is 7.98. The molecule has 0 saturated heterocycles. The van der Waals surface area contributed by atoms with Crippen molar-refractivity contribution in [3.8, 4) is 5.75 Å². The maximum absolute atomic E-state index is 5.56. The van der Waals surface area contributed by atoms with Gasteiger partial charge in [-0.2, -0.15) is 0 Å². The van der Waals surface area contributed by atoms with Gasteiger partial charge in [-0.1, -0.05) is 31.7 Å². The fourth-order valence-corrected chi connectivity index (χ4v) is 1.29. The van der Waals surface area contributed by atoms with Crippen molar-refractivity contribution in [2.24, 2.45) is 0 Å². The smallest absolute Gasteiger partial charge is 0.118 e. The van der Waals surface area contributed by atoms with Crippen LogP contribution in [0.2, 0.25) is 0 Å². The molecule has 17 heavy (non-hydrogen) atoms. The number of methoxy groups -OCH3 is 1. The average molecular weight is 232 g/mol. The summed E-state index contributed by atoms with van der Waals surface area (Å²) in [6.07, 6.45) is 5.05. The van der Waals surface area contributed by atoms with E-state index in [1.165, 1.54) is 0 Å². The van der Waals surface area contributed by atoms with Gasteiger partial charge in [0.15, 0.2) is 0 Å². The Balaban J connectivity index is 2.54. The Labute approximate surface area is 104 Å². The molecule has 0 spiro atoms. The molecule has 92 valence electrons. The molecule has 2 nitrogen and oxygen atoms in total. The predicted octanol–water partition coefficient (Wildman–Crippen LogP) is 4.04. The van der Waals surface area contributed by atoms with Crippen molar-refractivity contribution in [2.75, 3.05) is 7.11 Å². The van der Waals surface area contributed by atoms with Crippen LogP contribution in [-0.4, -0.2) is 13.2 Å². The monoisotopic (exact) mass is 232 g/mol. The first-order valence-electron chi connectivity index (χ1n) is 5.83. The molecule has 0 aliphatic heterocycles. The molecule has 0 fully saturated rings. The van der Waals surface area contributed by atoms with Crippen molar-refractivity contribution < 1.29 is 9.47 Å². The van der Waals surface area contributed by atoms with Crippen LogP contribution in [0.3, 0.4) is 0 Å². The van der Waals surface area contributed by atoms with Crippen LogP contribution in [-0.2, 0) is 4.74 Å². The molecule has 0 aliphatic rings. The van der Waals surface area contributed by atoms with Crippen LogP contribution < -0.4 is 4.74 Å². The molecule has 0 radical (unpaired) electrons. The Bertz CT molecular complexity index is 376. The minimum absolute atomic E-state index is 0.211. The van der Waals surface area contributed by atoms with Crippen molar-refractivity contribution in [1.29, 1.82) is 0 Å². The lowest BCUT2D eigenvalue weighted by molar-refractivity contribution is 0.139. The molecule has 0 amide bonds. The Morgan fingerprint density at radius 3 is 2.53 bits per heavy atom. The lowest BCUT2D eigenvalue weighted by Gasteiger charge is -2.11. The summed E-state index contributed by atoms with van der Waals surface area (Å²) in [5.41, 5.74) is 1.10. The average Bonchev–Trinajstić information content (AvgIpc) is 2.36. The van der Waals surface area contributed by atoms with Crippen LogP contribution in [0, 0.1) is 0 Å². The van der Waals surface area contributed by atoms with Crippen molar-refractivity contribution >= 4 is 6.08 Å². The highest BCUT2D eigenvalue weighted by molar-refractivity contribution is 5.52. The van der Waals surface area contributed by atoms with Crippen molar-refractivity contribution in [3.05, 3.63) is 48.2 Å². The fraction of sp³-hybridized carbons (Fsp3) is 0.333. The molecule has 0 aliphatic carbocycles. The number of hydrogen-bond donors (Lipinski definition) is 0. The summed E-state index contributed by atoms with van der Waals surface area (Å²) in [4.78, 5) is 0. The Morgan fingerprint density at radius 2 is 2.00 bits per heavy atom. The van der Waals surface area contributed by atoms with Gasteiger partial charge in [-0.15, -0.1) is 0 Å². The second kappa shape index (κ2) is 6.79. The molecule has 0 N–H and O–H groups in total. The molecular formula is C15H20O2. The normalized spacial score (nSPS) is 12.4. The van der Waals surface area contributed by atoms with Crippen molar-refractivity contribution in [3.63, 3.8) is 0 Å². The SMILES string of the molecule is C=C(/C=C/c1ccc(OC)cc1)OC(C)CC. The van der Waals surface area contributed by atoms with E-state index in [1.54, 1.807) is 7.11 Å². The molecule has 1 atom stereocenters. The lowest BCUT2D eigenvalue weighted by Crippen LogP contribution is -2.03. The zero-order valence-corrected chi connectivity index (χ0v) is 10.8. The standard InChI is InChI=1S/C15H20O2/c1-5-12(2)17-13(3)6-7-14-8-10-15(16-4)11-9-14/h6-12H,3,5H2,1-2,4H3/b7-6+. The van der Waals surface area contributed by atoms with E-state index in [0.717, 1.165) is 17.7 Å². The summed E-state index contributed by atoms with van der Waals surface area (Å²) in [5.74, 6) is 1.55. The Hall–Kier alpha value is -1.70. The zero-order valence-electron chi connectivity index (χ0n) is 10.8. The van der Waals surface area contributed by atoms with Gasteiger partial charge in [-0.05, 0) is 37.1 Å². The van der Waals surface area contributed by atoms with Gasteiger partial charge in [0.1, 0.15) is 11.5 Å². The molecule has 0 bridgehead atoms. The number of rotatable bonds is 6. The van der Waals surface area contributed by atoms with Crippen molar-refractivity contribution in [2.45, 2.75) is 26.4 Å². The van der Waals surface area contributed by atoms with Crippen molar-refractivity contribution in [1.82, 2.24) is 0 Å². The third-order valence-electron chi connectivity index (χ3n) is 2.50. The van der Waals surface area contributed by atoms with E-state index in [4.69, 9.17) is 9.47 Å². The summed E-state index contributed by atoms with van der Waals surface area (Å²) in [6, 6.07) is 7.84. The highest BCUT2D eigenvalue weighted by Gasteiger charge is 1.98. The third kappa shape index (κ3) is 4.77. The van der Waals surface area contributed by atoms with Crippen LogP contribution in [0.1, 0.15) is 25.8 Å². The minimum Gasteiger partial charge on any atom is -0.497 e. The molecule has 1 rings (SSSR count). The number of allylic oxidation sites excluding steroid dienone is 1. The fourth-order valence-electron chi connectivity index (χ4n) is 1.29. The summed E-state index contributed by atoms with van der Waals surface area (Å²) < 4.78 is 10.7. The van der Waals surface area contributed by atoms with Crippen LogP contribution in [0.5, 0.6) is 5.75 Å². The lowest BCUT2D eigenvalue weighted by atomic mass is 10.2. The van der Waals surface area contributed by atoms with Gasteiger partial charge in [-0.3, -0.25) is 0 Å². The predicted molar refractivity (Wildman–Crippen MR) is 72.0 cm³/mol. The first-order valence-corrected chi connectivity index (χ1v) is 5.83. The molecule has 0 heterocycles. The molecule has 1 unspecified atom stereocenters. The maximum atomic E-state index is 5.56. The van der Waals surface area contributed by atoms with E-state index in [9.17, 15) is 0 Å². The van der Waals surface area contributed by atoms with Crippen LogP contribution in [0.15, 0.2) is 42.7 Å². The second-order valence-corrected chi connectivity index (χ2v) is 3.91. The number of hydrogen-bond acceptors (Lipinski definition) is 2. The van der Waals surface area contributed by atoms with E-state index in [1.807, 2.05) is 43.3 Å². The number of benzene rings is 1. The van der Waals surface area contributed by atoms with Crippen LogP contribution in [0.25, 0.3) is 6.08 Å². The van der Waals surface area contributed by atoms with Gasteiger partial charge in [0, 0.05) is 0 Å². The quantitative estimate of drug-likeness (QED) is 0.544. The highest BCUT2D eigenvalue weighted by Crippen LogP contribution is 2.13. The largest absolute Gasteiger partial charge is 0.497 e. The van der Waals surface area contributed by atoms with E-state index in [0.29, 0.717) is 5.76 Å². The van der Waals surface area contributed by atoms with E-state index in [2.05, 4.69) is 13.5 Å². The summed E-state index contributed by atoms with van der Waals surface area (Å²) in [5, 5.41) is 0. The molecule has 1 aromatic carbocycles. The molecule has 0 aromatic heterocycles. The van der Waals surface area contributed by atoms with E-state index in [-0.39, 0.29) is 6.10 Å². The maximum Gasteiger partial charge on any atom is 0.118 e. The van der Waals surface area contributed by atoms with Crippen LogP contribution in [0.4, 0.5) is 0 Å². The topological polar surface area (TPSA) is 18.5 Å². The van der Waals surface area contributed by atoms with Gasteiger partial charge in [0.25, 0.3) is 0 Å². The number of ether oxygens (including phenoxy) is 2. The molecule has 2 heteroatoms. The highest BCUT2D eigenvalue weighted by atomic mass is 16.5. The van der Waals surface area contributed by atoms with Gasteiger partial charge in [0.05, 0.1) is 13.2 Å². The van der Waals surface area contributed by atoms with Gasteiger partial charge in [-0.25, -0.2) is 0 Å². The molecule has 0 saturated carbocycles. The first-order chi connectivity index (χ1) is 8.15.